The highest BCUT2D eigenvalue weighted by atomic mass is 19.1. The average Bonchev–Trinajstić information content (AvgIpc) is 2.83. The van der Waals surface area contributed by atoms with Crippen molar-refractivity contribution in [2.75, 3.05) is 18.0 Å². The van der Waals surface area contributed by atoms with Gasteiger partial charge >= 0.3 is 5.97 Å². The zero-order valence-corrected chi connectivity index (χ0v) is 15.9. The van der Waals surface area contributed by atoms with Gasteiger partial charge in [0.05, 0.1) is 11.8 Å². The second kappa shape index (κ2) is 8.42. The van der Waals surface area contributed by atoms with Crippen molar-refractivity contribution in [3.8, 4) is 5.75 Å². The first kappa shape index (κ1) is 19.2. The van der Waals surface area contributed by atoms with E-state index < -0.39 is 5.97 Å². The number of carbonyl (C=O) groups is 1. The lowest BCUT2D eigenvalue weighted by atomic mass is 9.98. The Morgan fingerprint density at radius 2 is 1.89 bits per heavy atom. The van der Waals surface area contributed by atoms with Crippen molar-refractivity contribution < 1.29 is 19.0 Å². The van der Waals surface area contributed by atoms with Gasteiger partial charge in [-0.2, -0.15) is 0 Å². The molecule has 0 fully saturated rings. The summed E-state index contributed by atoms with van der Waals surface area (Å²) in [6.07, 6.45) is 2.36. The topological polar surface area (TPSA) is 49.8 Å². The average molecular weight is 371 g/mol. The highest BCUT2D eigenvalue weighted by Crippen LogP contribution is 2.28. The predicted molar refractivity (Wildman–Crippen MR) is 104 cm³/mol. The van der Waals surface area contributed by atoms with Crippen LogP contribution in [0.2, 0.25) is 0 Å². The highest BCUT2D eigenvalue weighted by Gasteiger charge is 2.18. The number of nitrogens with zero attached hydrogens (tertiary/aromatic N) is 1. The van der Waals surface area contributed by atoms with Crippen LogP contribution in [0.3, 0.4) is 0 Å². The zero-order chi connectivity index (χ0) is 19.4. The lowest BCUT2D eigenvalue weighted by Crippen LogP contribution is -2.27. The zero-order valence-electron chi connectivity index (χ0n) is 15.9. The van der Waals surface area contributed by atoms with Gasteiger partial charge in [-0.1, -0.05) is 18.2 Å². The van der Waals surface area contributed by atoms with Gasteiger partial charge in [-0.15, -0.1) is 0 Å². The third kappa shape index (κ3) is 5.00. The van der Waals surface area contributed by atoms with Crippen LogP contribution in [-0.4, -0.2) is 30.3 Å². The minimum atomic E-state index is -0.782. The molecule has 0 saturated carbocycles. The Hall–Kier alpha value is -2.56. The molecule has 0 aliphatic carbocycles. The van der Waals surface area contributed by atoms with Crippen LogP contribution < -0.4 is 9.64 Å². The van der Waals surface area contributed by atoms with Gasteiger partial charge in [0, 0.05) is 25.6 Å². The summed E-state index contributed by atoms with van der Waals surface area (Å²) < 4.78 is 20.2. The molecule has 0 aromatic heterocycles. The molecule has 1 aliphatic heterocycles. The first-order valence-corrected chi connectivity index (χ1v) is 9.46. The van der Waals surface area contributed by atoms with E-state index in [9.17, 15) is 9.18 Å². The summed E-state index contributed by atoms with van der Waals surface area (Å²) in [6.45, 7) is 5.36. The van der Waals surface area contributed by atoms with Gasteiger partial charge in [0.1, 0.15) is 11.6 Å². The molecule has 0 atom stereocenters. The van der Waals surface area contributed by atoms with E-state index in [1.807, 2.05) is 19.9 Å². The molecule has 27 heavy (non-hydrogen) atoms. The third-order valence-corrected chi connectivity index (χ3v) is 4.83. The van der Waals surface area contributed by atoms with E-state index in [0.717, 1.165) is 31.5 Å². The fraction of sp³-hybridized carbons (Fsp3) is 0.409. The lowest BCUT2D eigenvalue weighted by molar-refractivity contribution is -0.136. The summed E-state index contributed by atoms with van der Waals surface area (Å²) in [6, 6.07) is 11.1. The fourth-order valence-corrected chi connectivity index (χ4v) is 3.51. The Morgan fingerprint density at radius 1 is 1.15 bits per heavy atom. The number of benzene rings is 2. The predicted octanol–water partition coefficient (Wildman–Crippen LogP) is 4.24. The molecule has 0 unspecified atom stereocenters. The van der Waals surface area contributed by atoms with E-state index >= 15 is 0 Å². The number of carboxylic acids is 1. The van der Waals surface area contributed by atoms with Crippen molar-refractivity contribution in [3.05, 3.63) is 58.9 Å². The molecule has 0 saturated heterocycles. The molecule has 5 heteroatoms. The number of aryl methyl sites for hydroxylation is 1. The van der Waals surface area contributed by atoms with E-state index in [-0.39, 0.29) is 18.3 Å². The van der Waals surface area contributed by atoms with Crippen molar-refractivity contribution in [1.82, 2.24) is 0 Å². The van der Waals surface area contributed by atoms with Crippen LogP contribution in [0.4, 0.5) is 10.1 Å². The molecule has 4 nitrogen and oxygen atoms in total. The number of halogens is 1. The number of hydrogen-bond acceptors (Lipinski definition) is 3. The normalized spacial score (nSPS) is 14.0. The number of hydrogen-bond donors (Lipinski definition) is 1. The Bertz CT molecular complexity index is 819. The van der Waals surface area contributed by atoms with Crippen molar-refractivity contribution in [2.45, 2.75) is 45.6 Å². The van der Waals surface area contributed by atoms with E-state index in [4.69, 9.17) is 9.84 Å². The number of aliphatic carboxylic acids is 1. The second-order valence-corrected chi connectivity index (χ2v) is 7.26. The molecule has 0 amide bonds. The van der Waals surface area contributed by atoms with E-state index in [1.165, 1.54) is 17.2 Å². The smallest absolute Gasteiger partial charge is 0.303 e. The minimum absolute atomic E-state index is 0.0425. The molecule has 2 aromatic rings. The lowest BCUT2D eigenvalue weighted by Gasteiger charge is -2.24. The third-order valence-electron chi connectivity index (χ3n) is 4.83. The van der Waals surface area contributed by atoms with E-state index in [0.29, 0.717) is 17.9 Å². The Morgan fingerprint density at radius 3 is 2.59 bits per heavy atom. The van der Waals surface area contributed by atoms with Crippen LogP contribution in [0.15, 0.2) is 36.4 Å². The number of fused-ring (bicyclic) bond motifs is 1. The van der Waals surface area contributed by atoms with Crippen molar-refractivity contribution in [1.29, 1.82) is 0 Å². The molecule has 144 valence electrons. The number of ether oxygens (including phenoxy) is 1. The van der Waals surface area contributed by atoms with Gasteiger partial charge in [0.2, 0.25) is 0 Å². The summed E-state index contributed by atoms with van der Waals surface area (Å²) in [4.78, 5) is 12.9. The van der Waals surface area contributed by atoms with Crippen LogP contribution >= 0.6 is 0 Å². The van der Waals surface area contributed by atoms with Gasteiger partial charge in [-0.25, -0.2) is 4.39 Å². The van der Waals surface area contributed by atoms with Gasteiger partial charge in [0.15, 0.2) is 0 Å². The summed E-state index contributed by atoms with van der Waals surface area (Å²) in [5.41, 5.74) is 4.11. The summed E-state index contributed by atoms with van der Waals surface area (Å²) >= 11 is 0. The molecule has 1 heterocycles. The Balaban J connectivity index is 1.75. The van der Waals surface area contributed by atoms with Crippen LogP contribution in [0, 0.1) is 5.82 Å². The summed E-state index contributed by atoms with van der Waals surface area (Å²) in [5, 5.41) is 8.87. The van der Waals surface area contributed by atoms with Crippen LogP contribution in [0.1, 0.15) is 37.0 Å². The number of anilines is 1. The maximum atomic E-state index is 14.4. The minimum Gasteiger partial charge on any atom is -0.491 e. The Kier molecular flexibility index (Phi) is 5.99. The first-order valence-electron chi connectivity index (χ1n) is 9.46. The standard InChI is InChI=1S/C22H26FNO3/c1-15(2)27-19-6-7-20(23)21(14-19)24-11-9-17-5-3-16(4-8-22(25)26)13-18(17)10-12-24/h3,5-7,13-15H,4,8-12H2,1-2H3,(H,25,26). The summed E-state index contributed by atoms with van der Waals surface area (Å²) in [7, 11) is 0. The van der Waals surface area contributed by atoms with Crippen molar-refractivity contribution >= 4 is 11.7 Å². The fourth-order valence-electron chi connectivity index (χ4n) is 3.51. The maximum absolute atomic E-state index is 14.4. The van der Waals surface area contributed by atoms with Crippen LogP contribution in [-0.2, 0) is 24.1 Å². The maximum Gasteiger partial charge on any atom is 0.303 e. The molecule has 3 rings (SSSR count). The monoisotopic (exact) mass is 371 g/mol. The first-order chi connectivity index (χ1) is 12.9. The molecule has 0 spiro atoms. The molecule has 0 bridgehead atoms. The van der Waals surface area contributed by atoms with E-state index in [1.54, 1.807) is 12.1 Å². The quantitative estimate of drug-likeness (QED) is 0.825. The Labute approximate surface area is 159 Å². The van der Waals surface area contributed by atoms with Gasteiger partial charge in [-0.3, -0.25) is 4.79 Å². The highest BCUT2D eigenvalue weighted by molar-refractivity contribution is 5.67. The molecule has 1 N–H and O–H groups in total. The van der Waals surface area contributed by atoms with Gasteiger partial charge in [0.25, 0.3) is 0 Å². The molecule has 0 radical (unpaired) electrons. The van der Waals surface area contributed by atoms with Gasteiger partial charge in [-0.05, 0) is 61.9 Å². The van der Waals surface area contributed by atoms with Gasteiger partial charge < -0.3 is 14.7 Å². The van der Waals surface area contributed by atoms with Crippen molar-refractivity contribution in [3.63, 3.8) is 0 Å². The molecular weight excluding hydrogens is 345 g/mol. The van der Waals surface area contributed by atoms with Crippen LogP contribution in [0.25, 0.3) is 0 Å². The van der Waals surface area contributed by atoms with Crippen molar-refractivity contribution in [2.24, 2.45) is 0 Å². The number of carboxylic acid groups (broad SMARTS) is 1. The number of rotatable bonds is 6. The largest absolute Gasteiger partial charge is 0.491 e. The van der Waals surface area contributed by atoms with Crippen LogP contribution in [0.5, 0.6) is 5.75 Å². The SMILES string of the molecule is CC(C)Oc1ccc(F)c(N2CCc3ccc(CCC(=O)O)cc3CC2)c1. The molecule has 2 aromatic carbocycles. The van der Waals surface area contributed by atoms with E-state index in [2.05, 4.69) is 17.0 Å². The molecular formula is C22H26FNO3. The molecule has 1 aliphatic rings. The second-order valence-electron chi connectivity index (χ2n) is 7.26. The summed E-state index contributed by atoms with van der Waals surface area (Å²) in [5.74, 6) is -0.339.